The molecule has 0 saturated carbocycles. The van der Waals surface area contributed by atoms with Crippen LogP contribution in [-0.2, 0) is 4.79 Å². The molecule has 0 aliphatic carbocycles. The van der Waals surface area contributed by atoms with Gasteiger partial charge in [-0.3, -0.25) is 14.9 Å². The van der Waals surface area contributed by atoms with Crippen molar-refractivity contribution in [3.63, 3.8) is 0 Å². The molecule has 0 aliphatic rings. The predicted molar refractivity (Wildman–Crippen MR) is 72.8 cm³/mol. The maximum absolute atomic E-state index is 11.1. The van der Waals surface area contributed by atoms with Gasteiger partial charge in [-0.05, 0) is 32.9 Å². The van der Waals surface area contributed by atoms with E-state index in [1.54, 1.807) is 26.8 Å². The van der Waals surface area contributed by atoms with Gasteiger partial charge in [0.15, 0.2) is 0 Å². The van der Waals surface area contributed by atoms with E-state index in [9.17, 15) is 14.9 Å². The molecule has 0 atom stereocenters. The molecule has 0 saturated heterocycles. The first-order chi connectivity index (χ1) is 8.64. The number of hydrogen-bond donors (Lipinski definition) is 1. The summed E-state index contributed by atoms with van der Waals surface area (Å²) in [6.45, 7) is 4.99. The number of carbonyl (C=O) groups is 1. The summed E-state index contributed by atoms with van der Waals surface area (Å²) in [5, 5.41) is 20.1. The standard InChI is InChI=1S/C12H15ClN2O4/c1-12(2,3)14(7-10(16)17)9-6-4-5-8(13)11(9)15(18)19/h4-6H,7H2,1-3H3,(H,16,17). The van der Waals surface area contributed by atoms with Crippen LogP contribution in [0.4, 0.5) is 11.4 Å². The minimum absolute atomic E-state index is 0.0119. The number of nitrogens with zero attached hydrogens (tertiary/aromatic N) is 2. The van der Waals surface area contributed by atoms with Crippen molar-refractivity contribution in [2.75, 3.05) is 11.4 Å². The van der Waals surface area contributed by atoms with Crippen LogP contribution in [0.2, 0.25) is 5.02 Å². The van der Waals surface area contributed by atoms with Crippen LogP contribution in [0.3, 0.4) is 0 Å². The fourth-order valence-corrected chi connectivity index (χ4v) is 1.96. The smallest absolute Gasteiger partial charge is 0.323 e. The number of carboxylic acid groups (broad SMARTS) is 1. The molecule has 0 bridgehead atoms. The van der Waals surface area contributed by atoms with Crippen LogP contribution >= 0.6 is 11.6 Å². The summed E-state index contributed by atoms with van der Waals surface area (Å²) in [4.78, 5) is 22.9. The molecule has 1 N–H and O–H groups in total. The second-order valence-corrected chi connectivity index (χ2v) is 5.42. The SMILES string of the molecule is CC(C)(C)N(CC(=O)O)c1cccc(Cl)c1[N+](=O)[O-]. The lowest BCUT2D eigenvalue weighted by Gasteiger charge is -2.36. The first-order valence-electron chi connectivity index (χ1n) is 5.57. The fraction of sp³-hybridized carbons (Fsp3) is 0.417. The van der Waals surface area contributed by atoms with Crippen molar-refractivity contribution in [3.8, 4) is 0 Å². The van der Waals surface area contributed by atoms with Gasteiger partial charge in [0, 0.05) is 5.54 Å². The molecule has 104 valence electrons. The van der Waals surface area contributed by atoms with Crippen molar-refractivity contribution >= 4 is 28.9 Å². The van der Waals surface area contributed by atoms with Gasteiger partial charge in [0.1, 0.15) is 17.3 Å². The second kappa shape index (κ2) is 5.44. The minimum atomic E-state index is -1.07. The van der Waals surface area contributed by atoms with E-state index in [2.05, 4.69) is 0 Å². The van der Waals surface area contributed by atoms with E-state index in [1.807, 2.05) is 0 Å². The molecule has 0 aliphatic heterocycles. The third-order valence-electron chi connectivity index (χ3n) is 2.54. The van der Waals surface area contributed by atoms with Crippen LogP contribution in [0.25, 0.3) is 0 Å². The van der Waals surface area contributed by atoms with Gasteiger partial charge in [0.05, 0.1) is 4.92 Å². The number of para-hydroxylation sites is 1. The highest BCUT2D eigenvalue weighted by molar-refractivity contribution is 6.33. The molecular formula is C12H15ClN2O4. The second-order valence-electron chi connectivity index (χ2n) is 5.02. The Balaban J connectivity index is 3.42. The normalized spacial score (nSPS) is 11.2. The number of halogens is 1. The molecular weight excluding hydrogens is 272 g/mol. The summed E-state index contributed by atoms with van der Waals surface area (Å²) in [6, 6.07) is 4.47. The topological polar surface area (TPSA) is 83.7 Å². The van der Waals surface area contributed by atoms with E-state index in [4.69, 9.17) is 16.7 Å². The molecule has 19 heavy (non-hydrogen) atoms. The number of rotatable bonds is 4. The number of benzene rings is 1. The van der Waals surface area contributed by atoms with Gasteiger partial charge in [-0.25, -0.2) is 0 Å². The molecule has 0 radical (unpaired) electrons. The Labute approximate surface area is 115 Å². The van der Waals surface area contributed by atoms with Crippen molar-refractivity contribution < 1.29 is 14.8 Å². The maximum atomic E-state index is 11.1. The van der Waals surface area contributed by atoms with Crippen LogP contribution in [-0.4, -0.2) is 28.1 Å². The van der Waals surface area contributed by atoms with Gasteiger partial charge in [-0.1, -0.05) is 17.7 Å². The zero-order valence-corrected chi connectivity index (χ0v) is 11.6. The molecule has 6 nitrogen and oxygen atoms in total. The lowest BCUT2D eigenvalue weighted by molar-refractivity contribution is -0.384. The largest absolute Gasteiger partial charge is 0.480 e. The van der Waals surface area contributed by atoms with E-state index < -0.39 is 16.4 Å². The monoisotopic (exact) mass is 286 g/mol. The van der Waals surface area contributed by atoms with E-state index in [0.717, 1.165) is 0 Å². The first-order valence-corrected chi connectivity index (χ1v) is 5.94. The molecule has 1 rings (SSSR count). The Bertz CT molecular complexity index is 511. The van der Waals surface area contributed by atoms with Crippen molar-refractivity contribution in [2.45, 2.75) is 26.3 Å². The van der Waals surface area contributed by atoms with Crippen LogP contribution in [0, 0.1) is 10.1 Å². The summed E-state index contributed by atoms with van der Waals surface area (Å²) < 4.78 is 0. The number of carboxylic acids is 1. The van der Waals surface area contributed by atoms with Gasteiger partial charge < -0.3 is 10.0 Å². The Morgan fingerprint density at radius 3 is 2.47 bits per heavy atom. The molecule has 0 aromatic heterocycles. The third kappa shape index (κ3) is 3.57. The fourth-order valence-electron chi connectivity index (χ4n) is 1.72. The van der Waals surface area contributed by atoms with Crippen molar-refractivity contribution in [3.05, 3.63) is 33.3 Å². The molecule has 0 amide bonds. The zero-order valence-electron chi connectivity index (χ0n) is 10.9. The molecule has 7 heteroatoms. The summed E-state index contributed by atoms with van der Waals surface area (Å²) in [5.41, 5.74) is -0.666. The summed E-state index contributed by atoms with van der Waals surface area (Å²) in [6.07, 6.45) is 0. The molecule has 1 aromatic carbocycles. The summed E-state index contributed by atoms with van der Waals surface area (Å²) in [5.74, 6) is -1.07. The lowest BCUT2D eigenvalue weighted by Crippen LogP contribution is -2.45. The van der Waals surface area contributed by atoms with Crippen LogP contribution in [0.1, 0.15) is 20.8 Å². The summed E-state index contributed by atoms with van der Waals surface area (Å²) in [7, 11) is 0. The Hall–Kier alpha value is -1.82. The number of anilines is 1. The highest BCUT2D eigenvalue weighted by atomic mass is 35.5. The van der Waals surface area contributed by atoms with Gasteiger partial charge in [0.2, 0.25) is 0 Å². The van der Waals surface area contributed by atoms with Gasteiger partial charge in [-0.2, -0.15) is 0 Å². The van der Waals surface area contributed by atoms with Gasteiger partial charge >= 0.3 is 11.7 Å². The number of nitro benzene ring substituents is 1. The van der Waals surface area contributed by atoms with Gasteiger partial charge in [0.25, 0.3) is 0 Å². The van der Waals surface area contributed by atoms with E-state index in [-0.39, 0.29) is 22.9 Å². The van der Waals surface area contributed by atoms with Crippen LogP contribution < -0.4 is 4.90 Å². The Kier molecular flexibility index (Phi) is 4.36. The number of hydrogen-bond acceptors (Lipinski definition) is 4. The molecule has 0 fully saturated rings. The van der Waals surface area contributed by atoms with Crippen LogP contribution in [0.15, 0.2) is 18.2 Å². The van der Waals surface area contributed by atoms with Crippen molar-refractivity contribution in [1.82, 2.24) is 0 Å². The maximum Gasteiger partial charge on any atom is 0.323 e. The number of nitro groups is 1. The minimum Gasteiger partial charge on any atom is -0.480 e. The predicted octanol–water partition coefficient (Wildman–Crippen LogP) is 2.94. The van der Waals surface area contributed by atoms with Crippen molar-refractivity contribution in [1.29, 1.82) is 0 Å². The lowest BCUT2D eigenvalue weighted by atomic mass is 10.0. The quantitative estimate of drug-likeness (QED) is 0.679. The number of aliphatic carboxylic acids is 1. The zero-order chi connectivity index (χ0) is 14.8. The highest BCUT2D eigenvalue weighted by Crippen LogP contribution is 2.37. The highest BCUT2D eigenvalue weighted by Gasteiger charge is 2.31. The summed E-state index contributed by atoms with van der Waals surface area (Å²) >= 11 is 5.84. The third-order valence-corrected chi connectivity index (χ3v) is 2.85. The Morgan fingerprint density at radius 1 is 1.47 bits per heavy atom. The Morgan fingerprint density at radius 2 is 2.05 bits per heavy atom. The molecule has 0 unspecified atom stereocenters. The molecule has 0 heterocycles. The van der Waals surface area contributed by atoms with E-state index in [0.29, 0.717) is 0 Å². The van der Waals surface area contributed by atoms with Crippen molar-refractivity contribution in [2.24, 2.45) is 0 Å². The van der Waals surface area contributed by atoms with E-state index in [1.165, 1.54) is 17.0 Å². The average Bonchev–Trinajstić information content (AvgIpc) is 2.23. The van der Waals surface area contributed by atoms with Crippen LogP contribution in [0.5, 0.6) is 0 Å². The average molecular weight is 287 g/mol. The first kappa shape index (κ1) is 15.2. The molecule has 1 aromatic rings. The van der Waals surface area contributed by atoms with Gasteiger partial charge in [-0.15, -0.1) is 0 Å². The molecule has 0 spiro atoms. The van der Waals surface area contributed by atoms with E-state index >= 15 is 0 Å².